The van der Waals surface area contributed by atoms with Gasteiger partial charge in [-0.1, -0.05) is 6.07 Å². The summed E-state index contributed by atoms with van der Waals surface area (Å²) < 4.78 is 26.9. The van der Waals surface area contributed by atoms with Crippen molar-refractivity contribution in [2.75, 3.05) is 10.6 Å². The highest BCUT2D eigenvalue weighted by molar-refractivity contribution is 6.02. The molecule has 2 N–H and O–H groups in total. The summed E-state index contributed by atoms with van der Waals surface area (Å²) >= 11 is 0. The molecule has 0 unspecified atom stereocenters. The molecule has 7 heteroatoms. The maximum Gasteiger partial charge on any atom is 0.276 e. The van der Waals surface area contributed by atoms with Crippen molar-refractivity contribution in [2.24, 2.45) is 0 Å². The van der Waals surface area contributed by atoms with Crippen molar-refractivity contribution in [3.63, 3.8) is 0 Å². The highest BCUT2D eigenvalue weighted by Gasteiger charge is 2.14. The topological polar surface area (TPSA) is 66.9 Å². The van der Waals surface area contributed by atoms with E-state index in [1.807, 2.05) is 13.8 Å². The molecule has 110 valence electrons. The van der Waals surface area contributed by atoms with Gasteiger partial charge in [0.25, 0.3) is 5.91 Å². The molecule has 5 nitrogen and oxygen atoms in total. The fourth-order valence-electron chi connectivity index (χ4n) is 1.62. The molecule has 0 fully saturated rings. The Balaban J connectivity index is 2.13. The van der Waals surface area contributed by atoms with Crippen LogP contribution in [0.5, 0.6) is 0 Å². The van der Waals surface area contributed by atoms with Crippen molar-refractivity contribution in [1.29, 1.82) is 0 Å². The van der Waals surface area contributed by atoms with Crippen LogP contribution in [0.3, 0.4) is 0 Å². The van der Waals surface area contributed by atoms with E-state index in [4.69, 9.17) is 0 Å². The van der Waals surface area contributed by atoms with Gasteiger partial charge in [0.1, 0.15) is 23.1 Å². The number of nitrogens with one attached hydrogen (secondary N) is 2. The summed E-state index contributed by atoms with van der Waals surface area (Å²) in [4.78, 5) is 11.9. The van der Waals surface area contributed by atoms with Gasteiger partial charge in [0.15, 0.2) is 5.69 Å². The number of halogens is 2. The molecule has 1 aromatic heterocycles. The van der Waals surface area contributed by atoms with Crippen LogP contribution >= 0.6 is 0 Å². The SMILES string of the molecule is CC(C)Nc1ccc(C(=O)Nc2c(F)cccc2F)nn1. The molecule has 0 aliphatic carbocycles. The van der Waals surface area contributed by atoms with Gasteiger partial charge in [0.2, 0.25) is 0 Å². The van der Waals surface area contributed by atoms with E-state index < -0.39 is 23.2 Å². The molecule has 0 aliphatic heterocycles. The molecule has 0 spiro atoms. The Hall–Kier alpha value is -2.57. The van der Waals surface area contributed by atoms with Crippen LogP contribution in [-0.4, -0.2) is 22.1 Å². The summed E-state index contributed by atoms with van der Waals surface area (Å²) in [5, 5.41) is 12.7. The number of hydrogen-bond acceptors (Lipinski definition) is 4. The van der Waals surface area contributed by atoms with Crippen molar-refractivity contribution in [2.45, 2.75) is 19.9 Å². The number of rotatable bonds is 4. The van der Waals surface area contributed by atoms with E-state index in [2.05, 4.69) is 20.8 Å². The predicted molar refractivity (Wildman–Crippen MR) is 75.1 cm³/mol. The summed E-state index contributed by atoms with van der Waals surface area (Å²) in [7, 11) is 0. The lowest BCUT2D eigenvalue weighted by Crippen LogP contribution is -2.17. The first-order chi connectivity index (χ1) is 9.97. The van der Waals surface area contributed by atoms with E-state index in [9.17, 15) is 13.6 Å². The number of hydrogen-bond donors (Lipinski definition) is 2. The summed E-state index contributed by atoms with van der Waals surface area (Å²) in [6, 6.07) is 6.49. The highest BCUT2D eigenvalue weighted by atomic mass is 19.1. The standard InChI is InChI=1S/C14H14F2N4O/c1-8(2)17-12-7-6-11(19-20-12)14(21)18-13-9(15)4-3-5-10(13)16/h3-8H,1-2H3,(H,17,20)(H,18,21). The first-order valence-corrected chi connectivity index (χ1v) is 6.33. The predicted octanol–water partition coefficient (Wildman–Crippen LogP) is 2.83. The largest absolute Gasteiger partial charge is 0.366 e. The number of aromatic nitrogens is 2. The second-order valence-electron chi connectivity index (χ2n) is 4.65. The summed E-state index contributed by atoms with van der Waals surface area (Å²) in [6.07, 6.45) is 0. The third kappa shape index (κ3) is 3.71. The van der Waals surface area contributed by atoms with Crippen molar-refractivity contribution in [3.05, 3.63) is 47.7 Å². The zero-order valence-electron chi connectivity index (χ0n) is 11.5. The molecular weight excluding hydrogens is 278 g/mol. The molecule has 2 aromatic rings. The minimum Gasteiger partial charge on any atom is -0.366 e. The van der Waals surface area contributed by atoms with E-state index in [0.29, 0.717) is 5.82 Å². The quantitative estimate of drug-likeness (QED) is 0.909. The number of para-hydroxylation sites is 1. The van der Waals surface area contributed by atoms with Crippen LogP contribution in [0.2, 0.25) is 0 Å². The Kier molecular flexibility index (Phi) is 4.42. The third-order valence-corrected chi connectivity index (χ3v) is 2.54. The zero-order chi connectivity index (χ0) is 15.4. The summed E-state index contributed by atoms with van der Waals surface area (Å²) in [6.45, 7) is 3.87. The molecule has 21 heavy (non-hydrogen) atoms. The van der Waals surface area contributed by atoms with Crippen LogP contribution in [0.15, 0.2) is 30.3 Å². The average molecular weight is 292 g/mol. The van der Waals surface area contributed by atoms with Crippen LogP contribution in [0.25, 0.3) is 0 Å². The smallest absolute Gasteiger partial charge is 0.276 e. The first-order valence-electron chi connectivity index (χ1n) is 6.33. The Bertz CT molecular complexity index is 624. The summed E-state index contributed by atoms with van der Waals surface area (Å²) in [5.74, 6) is -1.93. The van der Waals surface area contributed by atoms with E-state index >= 15 is 0 Å². The molecule has 0 radical (unpaired) electrons. The highest BCUT2D eigenvalue weighted by Crippen LogP contribution is 2.18. The van der Waals surface area contributed by atoms with Crippen LogP contribution in [0.1, 0.15) is 24.3 Å². The van der Waals surface area contributed by atoms with E-state index in [-0.39, 0.29) is 11.7 Å². The molecule has 2 rings (SSSR count). The second-order valence-corrected chi connectivity index (χ2v) is 4.65. The zero-order valence-corrected chi connectivity index (χ0v) is 11.5. The van der Waals surface area contributed by atoms with Crippen molar-refractivity contribution < 1.29 is 13.6 Å². The van der Waals surface area contributed by atoms with Gasteiger partial charge in [-0.15, -0.1) is 10.2 Å². The van der Waals surface area contributed by atoms with Gasteiger partial charge in [-0.05, 0) is 38.1 Å². The van der Waals surface area contributed by atoms with Gasteiger partial charge in [0, 0.05) is 6.04 Å². The number of carbonyl (C=O) groups is 1. The average Bonchev–Trinajstić information content (AvgIpc) is 2.43. The maximum atomic E-state index is 13.4. The Labute approximate surface area is 120 Å². The summed E-state index contributed by atoms with van der Waals surface area (Å²) in [5.41, 5.74) is -0.541. The van der Waals surface area contributed by atoms with Crippen LogP contribution < -0.4 is 10.6 Å². The van der Waals surface area contributed by atoms with Crippen molar-refractivity contribution in [1.82, 2.24) is 10.2 Å². The van der Waals surface area contributed by atoms with E-state index in [0.717, 1.165) is 12.1 Å². The lowest BCUT2D eigenvalue weighted by molar-refractivity contribution is 0.102. The second kappa shape index (κ2) is 6.25. The van der Waals surface area contributed by atoms with Crippen molar-refractivity contribution in [3.8, 4) is 0 Å². The van der Waals surface area contributed by atoms with Gasteiger partial charge in [-0.2, -0.15) is 0 Å². The molecule has 0 saturated heterocycles. The Morgan fingerprint density at radius 2 is 1.76 bits per heavy atom. The maximum absolute atomic E-state index is 13.4. The fraction of sp³-hybridized carbons (Fsp3) is 0.214. The van der Waals surface area contributed by atoms with E-state index in [1.54, 1.807) is 6.07 Å². The minimum absolute atomic E-state index is 0.0352. The number of carbonyl (C=O) groups excluding carboxylic acids is 1. The Morgan fingerprint density at radius 3 is 2.29 bits per heavy atom. The normalized spacial score (nSPS) is 10.5. The third-order valence-electron chi connectivity index (χ3n) is 2.54. The first kappa shape index (κ1) is 14.8. The molecular formula is C14H14F2N4O. The van der Waals surface area contributed by atoms with Gasteiger partial charge in [-0.3, -0.25) is 4.79 Å². The van der Waals surface area contributed by atoms with Gasteiger partial charge in [0.05, 0.1) is 0 Å². The number of nitrogens with zero attached hydrogens (tertiary/aromatic N) is 2. The number of amides is 1. The lowest BCUT2D eigenvalue weighted by Gasteiger charge is -2.09. The fourth-order valence-corrected chi connectivity index (χ4v) is 1.62. The van der Waals surface area contributed by atoms with E-state index in [1.165, 1.54) is 12.1 Å². The number of benzene rings is 1. The molecule has 0 saturated carbocycles. The van der Waals surface area contributed by atoms with Crippen LogP contribution in [0.4, 0.5) is 20.3 Å². The lowest BCUT2D eigenvalue weighted by atomic mass is 10.2. The molecule has 1 aromatic carbocycles. The van der Waals surface area contributed by atoms with Crippen molar-refractivity contribution >= 4 is 17.4 Å². The van der Waals surface area contributed by atoms with Gasteiger partial charge >= 0.3 is 0 Å². The number of anilines is 2. The monoisotopic (exact) mass is 292 g/mol. The van der Waals surface area contributed by atoms with Crippen LogP contribution in [-0.2, 0) is 0 Å². The van der Waals surface area contributed by atoms with Gasteiger partial charge in [-0.25, -0.2) is 8.78 Å². The molecule has 1 heterocycles. The van der Waals surface area contributed by atoms with Gasteiger partial charge < -0.3 is 10.6 Å². The molecule has 0 bridgehead atoms. The molecule has 0 aliphatic rings. The Morgan fingerprint density at radius 1 is 1.10 bits per heavy atom. The minimum atomic E-state index is -0.852. The molecule has 0 atom stereocenters. The van der Waals surface area contributed by atoms with Crippen LogP contribution in [0, 0.1) is 11.6 Å². The molecule has 1 amide bonds.